The minimum Gasteiger partial charge on any atom is -0.379 e. The van der Waals surface area contributed by atoms with Gasteiger partial charge in [0.2, 0.25) is 5.95 Å². The number of ether oxygens (including phenoxy) is 1. The van der Waals surface area contributed by atoms with Crippen LogP contribution in [0.5, 0.6) is 0 Å². The molecule has 1 aliphatic rings. The first kappa shape index (κ1) is 18.8. The largest absolute Gasteiger partial charge is 0.379 e. The van der Waals surface area contributed by atoms with Gasteiger partial charge in [-0.2, -0.15) is 0 Å². The van der Waals surface area contributed by atoms with Crippen molar-refractivity contribution < 1.29 is 9.53 Å². The van der Waals surface area contributed by atoms with Gasteiger partial charge in [-0.25, -0.2) is 9.97 Å². The molecule has 1 amide bonds. The fraction of sp³-hybridized carbons (Fsp3) is 0.353. The molecule has 7 nitrogen and oxygen atoms in total. The highest BCUT2D eigenvalue weighted by molar-refractivity contribution is 6.36. The number of carbonyl (C=O) groups excluding carboxylic acids is 1. The molecule has 0 aliphatic carbocycles. The highest BCUT2D eigenvalue weighted by Gasteiger charge is 2.12. The van der Waals surface area contributed by atoms with Gasteiger partial charge in [0, 0.05) is 43.6 Å². The van der Waals surface area contributed by atoms with Crippen LogP contribution >= 0.6 is 23.2 Å². The third-order valence-electron chi connectivity index (χ3n) is 3.91. The van der Waals surface area contributed by atoms with Crippen molar-refractivity contribution in [1.29, 1.82) is 0 Å². The second kappa shape index (κ2) is 9.14. The molecule has 0 unspecified atom stereocenters. The Hall–Kier alpha value is -1.93. The van der Waals surface area contributed by atoms with E-state index in [1.807, 2.05) is 0 Å². The monoisotopic (exact) mass is 395 g/mol. The van der Waals surface area contributed by atoms with Crippen LogP contribution < -0.4 is 10.6 Å². The molecule has 1 fully saturated rings. The van der Waals surface area contributed by atoms with Crippen LogP contribution in [0.25, 0.3) is 0 Å². The highest BCUT2D eigenvalue weighted by Crippen LogP contribution is 2.27. The number of amides is 1. The Labute approximate surface area is 161 Å². The van der Waals surface area contributed by atoms with Crippen molar-refractivity contribution in [3.63, 3.8) is 0 Å². The van der Waals surface area contributed by atoms with Crippen LogP contribution in [0.1, 0.15) is 10.4 Å². The number of hydrogen-bond acceptors (Lipinski definition) is 6. The lowest BCUT2D eigenvalue weighted by atomic mass is 10.3. The number of halogens is 2. The van der Waals surface area contributed by atoms with E-state index in [1.165, 1.54) is 12.4 Å². The SMILES string of the molecule is O=C(NCCN1CCOCC1)c1cnc(Nc2ccc(Cl)cc2Cl)nc1. The van der Waals surface area contributed by atoms with E-state index in [4.69, 9.17) is 27.9 Å². The van der Waals surface area contributed by atoms with E-state index < -0.39 is 0 Å². The third-order valence-corrected chi connectivity index (χ3v) is 4.46. The number of morpholine rings is 1. The zero-order valence-corrected chi connectivity index (χ0v) is 15.6. The fourth-order valence-corrected chi connectivity index (χ4v) is 2.93. The lowest BCUT2D eigenvalue weighted by Crippen LogP contribution is -2.41. The van der Waals surface area contributed by atoms with Crippen molar-refractivity contribution in [2.24, 2.45) is 0 Å². The molecule has 2 N–H and O–H groups in total. The molecule has 0 radical (unpaired) electrons. The van der Waals surface area contributed by atoms with Crippen LogP contribution in [-0.4, -0.2) is 60.2 Å². The zero-order chi connectivity index (χ0) is 18.4. The van der Waals surface area contributed by atoms with Gasteiger partial charge in [0.15, 0.2) is 0 Å². The maximum Gasteiger partial charge on any atom is 0.254 e. The number of nitrogens with one attached hydrogen (secondary N) is 2. The molecule has 138 valence electrons. The number of rotatable bonds is 6. The third kappa shape index (κ3) is 5.28. The molecule has 3 rings (SSSR count). The smallest absolute Gasteiger partial charge is 0.254 e. The van der Waals surface area contributed by atoms with Gasteiger partial charge in [-0.15, -0.1) is 0 Å². The topological polar surface area (TPSA) is 79.4 Å². The van der Waals surface area contributed by atoms with Crippen molar-refractivity contribution in [3.05, 3.63) is 46.2 Å². The van der Waals surface area contributed by atoms with Crippen molar-refractivity contribution in [2.75, 3.05) is 44.7 Å². The number of benzene rings is 1. The zero-order valence-electron chi connectivity index (χ0n) is 14.0. The Morgan fingerprint density at radius 3 is 2.62 bits per heavy atom. The summed E-state index contributed by atoms with van der Waals surface area (Å²) in [6, 6.07) is 5.08. The number of anilines is 2. The predicted molar refractivity (Wildman–Crippen MR) is 101 cm³/mol. The van der Waals surface area contributed by atoms with Crippen LogP contribution in [0.15, 0.2) is 30.6 Å². The number of nitrogens with zero attached hydrogens (tertiary/aromatic N) is 3. The molecule has 2 aromatic rings. The van der Waals surface area contributed by atoms with Gasteiger partial charge in [0.1, 0.15) is 0 Å². The summed E-state index contributed by atoms with van der Waals surface area (Å²) < 4.78 is 5.30. The Bertz CT molecular complexity index is 751. The summed E-state index contributed by atoms with van der Waals surface area (Å²) in [6.07, 6.45) is 2.95. The number of carbonyl (C=O) groups is 1. The van der Waals surface area contributed by atoms with E-state index in [2.05, 4.69) is 25.5 Å². The van der Waals surface area contributed by atoms with Crippen molar-refractivity contribution in [2.45, 2.75) is 0 Å². The molecule has 0 saturated carbocycles. The first-order valence-corrected chi connectivity index (χ1v) is 9.00. The first-order chi connectivity index (χ1) is 12.6. The molecule has 1 aliphatic heterocycles. The van der Waals surface area contributed by atoms with Gasteiger partial charge < -0.3 is 15.4 Å². The second-order valence-electron chi connectivity index (χ2n) is 5.75. The molecule has 9 heteroatoms. The summed E-state index contributed by atoms with van der Waals surface area (Å²) in [4.78, 5) is 22.7. The number of hydrogen-bond donors (Lipinski definition) is 2. The molecule has 1 saturated heterocycles. The Balaban J connectivity index is 1.50. The van der Waals surface area contributed by atoms with E-state index in [0.717, 1.165) is 32.8 Å². The van der Waals surface area contributed by atoms with Crippen LogP contribution in [0, 0.1) is 0 Å². The van der Waals surface area contributed by atoms with Gasteiger partial charge >= 0.3 is 0 Å². The summed E-state index contributed by atoms with van der Waals surface area (Å²) in [5.41, 5.74) is 1.04. The standard InChI is InChI=1S/C17H19Cl2N5O2/c18-13-1-2-15(14(19)9-13)23-17-21-10-12(11-22-17)16(25)20-3-4-24-5-7-26-8-6-24/h1-2,9-11H,3-8H2,(H,20,25)(H,21,22,23). The molecule has 0 atom stereocenters. The van der Waals surface area contributed by atoms with Gasteiger partial charge in [0.25, 0.3) is 5.91 Å². The average Bonchev–Trinajstić information content (AvgIpc) is 2.65. The molecule has 1 aromatic heterocycles. The first-order valence-electron chi connectivity index (χ1n) is 8.24. The van der Waals surface area contributed by atoms with Gasteiger partial charge in [-0.05, 0) is 18.2 Å². The molecule has 26 heavy (non-hydrogen) atoms. The Kier molecular flexibility index (Phi) is 6.62. The summed E-state index contributed by atoms with van der Waals surface area (Å²) >= 11 is 12.0. The van der Waals surface area contributed by atoms with Crippen LogP contribution in [0.3, 0.4) is 0 Å². The molecule has 2 heterocycles. The average molecular weight is 396 g/mol. The fourth-order valence-electron chi connectivity index (χ4n) is 2.48. The maximum atomic E-state index is 12.2. The quantitative estimate of drug-likeness (QED) is 0.782. The minimum atomic E-state index is -0.200. The van der Waals surface area contributed by atoms with E-state index in [0.29, 0.717) is 33.8 Å². The normalized spacial score (nSPS) is 14.8. The molecule has 0 bridgehead atoms. The van der Waals surface area contributed by atoms with Crippen molar-refractivity contribution in [1.82, 2.24) is 20.2 Å². The summed E-state index contributed by atoms with van der Waals surface area (Å²) in [7, 11) is 0. The summed E-state index contributed by atoms with van der Waals surface area (Å²) in [6.45, 7) is 4.64. The lowest BCUT2D eigenvalue weighted by molar-refractivity contribution is 0.0383. The van der Waals surface area contributed by atoms with Crippen molar-refractivity contribution in [3.8, 4) is 0 Å². The summed E-state index contributed by atoms with van der Waals surface area (Å²) in [5.74, 6) is 0.147. The van der Waals surface area contributed by atoms with E-state index in [-0.39, 0.29) is 5.91 Å². The molecular formula is C17H19Cl2N5O2. The lowest BCUT2D eigenvalue weighted by Gasteiger charge is -2.26. The molecule has 1 aromatic carbocycles. The van der Waals surface area contributed by atoms with Crippen LogP contribution in [0.2, 0.25) is 10.0 Å². The van der Waals surface area contributed by atoms with E-state index in [9.17, 15) is 4.79 Å². The van der Waals surface area contributed by atoms with E-state index >= 15 is 0 Å². The second-order valence-corrected chi connectivity index (χ2v) is 6.60. The van der Waals surface area contributed by atoms with Gasteiger partial charge in [0.05, 0.1) is 29.5 Å². The van der Waals surface area contributed by atoms with Crippen LogP contribution in [0.4, 0.5) is 11.6 Å². The van der Waals surface area contributed by atoms with Gasteiger partial charge in [-0.1, -0.05) is 23.2 Å². The van der Waals surface area contributed by atoms with Crippen LogP contribution in [-0.2, 0) is 4.74 Å². The van der Waals surface area contributed by atoms with E-state index in [1.54, 1.807) is 18.2 Å². The highest BCUT2D eigenvalue weighted by atomic mass is 35.5. The van der Waals surface area contributed by atoms with Crippen molar-refractivity contribution >= 4 is 40.7 Å². The molecule has 0 spiro atoms. The van der Waals surface area contributed by atoms with Gasteiger partial charge in [-0.3, -0.25) is 9.69 Å². The Morgan fingerprint density at radius 2 is 1.92 bits per heavy atom. The maximum absolute atomic E-state index is 12.2. The predicted octanol–water partition coefficient (Wildman–Crippen LogP) is 2.59. The Morgan fingerprint density at radius 1 is 1.19 bits per heavy atom. The number of aromatic nitrogens is 2. The minimum absolute atomic E-state index is 0.200. The summed E-state index contributed by atoms with van der Waals surface area (Å²) in [5, 5.41) is 6.87. The molecular weight excluding hydrogens is 377 g/mol.